The molecule has 0 aliphatic heterocycles. The Balaban J connectivity index is 1.85. The highest BCUT2D eigenvalue weighted by atomic mass is 16.5. The summed E-state index contributed by atoms with van der Waals surface area (Å²) in [5.74, 6) is 2.19. The van der Waals surface area contributed by atoms with Gasteiger partial charge in [-0.05, 0) is 43.5 Å². The Labute approximate surface area is 155 Å². The van der Waals surface area contributed by atoms with Crippen molar-refractivity contribution in [2.45, 2.75) is 33.9 Å². The van der Waals surface area contributed by atoms with Crippen LogP contribution in [0.4, 0.5) is 0 Å². The van der Waals surface area contributed by atoms with Gasteiger partial charge in [0.2, 0.25) is 0 Å². The third-order valence-corrected chi connectivity index (χ3v) is 4.10. The SMILES string of the molecule is COc1ccc(CN=C(N)NCC(C)Cn2nc(C)cc2C)cc1OC. The molecule has 26 heavy (non-hydrogen) atoms. The van der Waals surface area contributed by atoms with E-state index in [9.17, 15) is 0 Å². The van der Waals surface area contributed by atoms with E-state index in [1.807, 2.05) is 29.8 Å². The maximum atomic E-state index is 5.98. The third kappa shape index (κ3) is 5.40. The second-order valence-electron chi connectivity index (χ2n) is 6.49. The number of hydrogen-bond acceptors (Lipinski definition) is 4. The van der Waals surface area contributed by atoms with Crippen LogP contribution in [0.15, 0.2) is 29.3 Å². The van der Waals surface area contributed by atoms with Crippen LogP contribution < -0.4 is 20.5 Å². The summed E-state index contributed by atoms with van der Waals surface area (Å²) in [4.78, 5) is 4.39. The van der Waals surface area contributed by atoms with Gasteiger partial charge >= 0.3 is 0 Å². The Morgan fingerprint density at radius 3 is 2.58 bits per heavy atom. The van der Waals surface area contributed by atoms with Crippen molar-refractivity contribution in [2.24, 2.45) is 16.6 Å². The minimum atomic E-state index is 0.378. The van der Waals surface area contributed by atoms with Crippen LogP contribution in [0, 0.1) is 19.8 Å². The van der Waals surface area contributed by atoms with Gasteiger partial charge in [0.1, 0.15) is 0 Å². The molecule has 1 unspecified atom stereocenters. The van der Waals surface area contributed by atoms with Crippen molar-refractivity contribution in [1.82, 2.24) is 15.1 Å². The summed E-state index contributed by atoms with van der Waals surface area (Å²) in [6, 6.07) is 7.80. The predicted octanol–water partition coefficient (Wildman–Crippen LogP) is 2.26. The van der Waals surface area contributed by atoms with Gasteiger partial charge in [0.05, 0.1) is 26.5 Å². The zero-order chi connectivity index (χ0) is 19.1. The van der Waals surface area contributed by atoms with Gasteiger partial charge in [-0.2, -0.15) is 5.10 Å². The summed E-state index contributed by atoms with van der Waals surface area (Å²) in [5, 5.41) is 7.67. The van der Waals surface area contributed by atoms with E-state index in [1.54, 1.807) is 14.2 Å². The number of aromatic nitrogens is 2. The van der Waals surface area contributed by atoms with Crippen LogP contribution in [-0.4, -0.2) is 36.5 Å². The van der Waals surface area contributed by atoms with Crippen LogP contribution in [-0.2, 0) is 13.1 Å². The Morgan fingerprint density at radius 2 is 1.96 bits per heavy atom. The Kier molecular flexibility index (Phi) is 6.89. The number of benzene rings is 1. The molecule has 0 fully saturated rings. The summed E-state index contributed by atoms with van der Waals surface area (Å²) >= 11 is 0. The largest absolute Gasteiger partial charge is 0.493 e. The molecule has 0 aliphatic rings. The highest BCUT2D eigenvalue weighted by Gasteiger charge is 2.08. The van der Waals surface area contributed by atoms with Gasteiger partial charge in [-0.25, -0.2) is 4.99 Å². The summed E-state index contributed by atoms with van der Waals surface area (Å²) in [6.07, 6.45) is 0. The van der Waals surface area contributed by atoms with Crippen LogP contribution in [0.3, 0.4) is 0 Å². The fraction of sp³-hybridized carbons (Fsp3) is 0.474. The van der Waals surface area contributed by atoms with E-state index in [4.69, 9.17) is 15.2 Å². The molecule has 1 aromatic carbocycles. The van der Waals surface area contributed by atoms with E-state index < -0.39 is 0 Å². The first-order valence-corrected chi connectivity index (χ1v) is 8.68. The molecule has 1 aromatic heterocycles. The maximum absolute atomic E-state index is 5.98. The first-order chi connectivity index (χ1) is 12.4. The van der Waals surface area contributed by atoms with Crippen molar-refractivity contribution in [3.63, 3.8) is 0 Å². The summed E-state index contributed by atoms with van der Waals surface area (Å²) in [7, 11) is 3.23. The molecule has 1 heterocycles. The van der Waals surface area contributed by atoms with Crippen LogP contribution in [0.1, 0.15) is 23.9 Å². The van der Waals surface area contributed by atoms with Gasteiger partial charge in [-0.3, -0.25) is 4.68 Å². The number of nitrogens with zero attached hydrogens (tertiary/aromatic N) is 3. The molecule has 0 amide bonds. The molecular formula is C19H29N5O2. The predicted molar refractivity (Wildman–Crippen MR) is 104 cm³/mol. The van der Waals surface area contributed by atoms with E-state index in [0.717, 1.165) is 24.3 Å². The van der Waals surface area contributed by atoms with Crippen LogP contribution in [0.2, 0.25) is 0 Å². The lowest BCUT2D eigenvalue weighted by atomic mass is 10.2. The number of nitrogens with two attached hydrogens (primary N) is 1. The van der Waals surface area contributed by atoms with E-state index in [-0.39, 0.29) is 0 Å². The van der Waals surface area contributed by atoms with E-state index in [1.165, 1.54) is 5.69 Å². The number of nitrogens with one attached hydrogen (secondary N) is 1. The van der Waals surface area contributed by atoms with Gasteiger partial charge in [-0.1, -0.05) is 13.0 Å². The highest BCUT2D eigenvalue weighted by molar-refractivity contribution is 5.77. The molecule has 0 saturated carbocycles. The Hall–Kier alpha value is -2.70. The smallest absolute Gasteiger partial charge is 0.188 e. The molecule has 2 rings (SSSR count). The first-order valence-electron chi connectivity index (χ1n) is 8.68. The van der Waals surface area contributed by atoms with Crippen molar-refractivity contribution >= 4 is 5.96 Å². The van der Waals surface area contributed by atoms with Crippen LogP contribution in [0.5, 0.6) is 11.5 Å². The van der Waals surface area contributed by atoms with Crippen molar-refractivity contribution in [3.8, 4) is 11.5 Å². The molecule has 0 aliphatic carbocycles. The molecule has 0 saturated heterocycles. The van der Waals surface area contributed by atoms with Crippen molar-refractivity contribution in [2.75, 3.05) is 20.8 Å². The first kappa shape index (κ1) is 19.6. The third-order valence-electron chi connectivity index (χ3n) is 4.10. The quantitative estimate of drug-likeness (QED) is 0.558. The summed E-state index contributed by atoms with van der Waals surface area (Å²) in [5.41, 5.74) is 9.20. The van der Waals surface area contributed by atoms with Crippen molar-refractivity contribution in [3.05, 3.63) is 41.2 Å². The second kappa shape index (κ2) is 9.12. The molecule has 7 heteroatoms. The fourth-order valence-electron chi connectivity index (χ4n) is 2.71. The number of hydrogen-bond donors (Lipinski definition) is 2. The van der Waals surface area contributed by atoms with Crippen molar-refractivity contribution in [1.29, 1.82) is 0 Å². The maximum Gasteiger partial charge on any atom is 0.188 e. The van der Waals surface area contributed by atoms with Crippen molar-refractivity contribution < 1.29 is 9.47 Å². The average molecular weight is 359 g/mol. The standard InChI is InChI=1S/C19H29N5O2/c1-13(12-24-15(3)8-14(2)23-24)10-21-19(20)22-11-16-6-7-17(25-4)18(9-16)26-5/h6-9,13H,10-12H2,1-5H3,(H3,20,21,22). The Morgan fingerprint density at radius 1 is 1.23 bits per heavy atom. The van der Waals surface area contributed by atoms with Crippen LogP contribution >= 0.6 is 0 Å². The lowest BCUT2D eigenvalue weighted by molar-refractivity contribution is 0.354. The highest BCUT2D eigenvalue weighted by Crippen LogP contribution is 2.27. The van der Waals surface area contributed by atoms with Gasteiger partial charge < -0.3 is 20.5 Å². The number of aliphatic imine (C=N–C) groups is 1. The summed E-state index contributed by atoms with van der Waals surface area (Å²) < 4.78 is 12.6. The van der Waals surface area contributed by atoms with E-state index in [0.29, 0.717) is 29.9 Å². The Bertz CT molecular complexity index is 754. The minimum Gasteiger partial charge on any atom is -0.493 e. The topological polar surface area (TPSA) is 86.7 Å². The number of ether oxygens (including phenoxy) is 2. The monoisotopic (exact) mass is 359 g/mol. The molecule has 2 aromatic rings. The zero-order valence-corrected chi connectivity index (χ0v) is 16.2. The van der Waals surface area contributed by atoms with Gasteiger partial charge in [0.25, 0.3) is 0 Å². The lowest BCUT2D eigenvalue weighted by Gasteiger charge is -2.14. The molecule has 3 N–H and O–H groups in total. The number of rotatable bonds is 8. The van der Waals surface area contributed by atoms with Gasteiger partial charge in [-0.15, -0.1) is 0 Å². The van der Waals surface area contributed by atoms with E-state index >= 15 is 0 Å². The molecular weight excluding hydrogens is 330 g/mol. The number of guanidine groups is 1. The zero-order valence-electron chi connectivity index (χ0n) is 16.2. The van der Waals surface area contributed by atoms with Gasteiger partial charge in [0, 0.05) is 18.8 Å². The molecule has 142 valence electrons. The number of aryl methyl sites for hydroxylation is 2. The molecule has 1 atom stereocenters. The fourth-order valence-corrected chi connectivity index (χ4v) is 2.71. The molecule has 7 nitrogen and oxygen atoms in total. The minimum absolute atomic E-state index is 0.378. The average Bonchev–Trinajstić information content (AvgIpc) is 2.94. The lowest BCUT2D eigenvalue weighted by Crippen LogP contribution is -2.36. The second-order valence-corrected chi connectivity index (χ2v) is 6.49. The van der Waals surface area contributed by atoms with Gasteiger partial charge in [0.15, 0.2) is 17.5 Å². The molecule has 0 bridgehead atoms. The van der Waals surface area contributed by atoms with E-state index in [2.05, 4.69) is 35.3 Å². The number of methoxy groups -OCH3 is 2. The summed E-state index contributed by atoms with van der Waals surface area (Å²) in [6.45, 7) is 8.29. The molecule has 0 spiro atoms. The molecule has 0 radical (unpaired) electrons. The normalized spacial score (nSPS) is 12.7. The van der Waals surface area contributed by atoms with Crippen LogP contribution in [0.25, 0.3) is 0 Å².